The van der Waals surface area contributed by atoms with Crippen LogP contribution in [0.15, 0.2) is 48.5 Å². The van der Waals surface area contributed by atoms with Gasteiger partial charge in [-0.15, -0.1) is 0 Å². The van der Waals surface area contributed by atoms with Crippen molar-refractivity contribution in [1.82, 2.24) is 4.90 Å². The first-order valence-electron chi connectivity index (χ1n) is 7.73. The summed E-state index contributed by atoms with van der Waals surface area (Å²) in [6.07, 6.45) is 0. The number of carbonyl (C=O) groups is 2. The van der Waals surface area contributed by atoms with E-state index in [-0.39, 0.29) is 11.9 Å². The summed E-state index contributed by atoms with van der Waals surface area (Å²) in [5.41, 5.74) is 2.60. The van der Waals surface area contributed by atoms with Crippen molar-refractivity contribution in [1.29, 1.82) is 0 Å². The molecule has 4 nitrogen and oxygen atoms in total. The van der Waals surface area contributed by atoms with Gasteiger partial charge in [-0.25, -0.2) is 0 Å². The van der Waals surface area contributed by atoms with Crippen LogP contribution in [0, 0.1) is 0 Å². The number of carbonyl (C=O) groups excluding carboxylic acids is 2. The molecule has 0 aliphatic heterocycles. The Kier molecular flexibility index (Phi) is 5.52. The van der Waals surface area contributed by atoms with Gasteiger partial charge in [-0.3, -0.25) is 9.59 Å². The number of ether oxygens (including phenoxy) is 1. The molecule has 0 bridgehead atoms. The molecule has 0 aliphatic rings. The number of benzene rings is 2. The van der Waals surface area contributed by atoms with Crippen molar-refractivity contribution in [2.45, 2.75) is 20.8 Å². The lowest BCUT2D eigenvalue weighted by molar-refractivity contribution is -0.131. The maximum Gasteiger partial charge on any atom is 0.308 e. The Bertz CT molecular complexity index is 688. The van der Waals surface area contributed by atoms with Gasteiger partial charge < -0.3 is 9.64 Å². The molecule has 0 aromatic heterocycles. The Labute approximate surface area is 136 Å². The zero-order valence-corrected chi connectivity index (χ0v) is 13.7. The molecule has 23 heavy (non-hydrogen) atoms. The average molecular weight is 311 g/mol. The van der Waals surface area contributed by atoms with E-state index in [1.165, 1.54) is 6.92 Å². The first-order valence-corrected chi connectivity index (χ1v) is 7.73. The number of esters is 1. The molecule has 1 amide bonds. The Morgan fingerprint density at radius 3 is 2.17 bits per heavy atom. The highest BCUT2D eigenvalue weighted by Gasteiger charge is 2.13. The minimum Gasteiger partial charge on any atom is -0.427 e. The van der Waals surface area contributed by atoms with Gasteiger partial charge in [-0.1, -0.05) is 24.3 Å². The second kappa shape index (κ2) is 7.58. The molecular formula is C19H21NO3. The van der Waals surface area contributed by atoms with Crippen LogP contribution >= 0.6 is 0 Å². The van der Waals surface area contributed by atoms with Crippen LogP contribution in [0.4, 0.5) is 0 Å². The molecule has 2 aromatic carbocycles. The standard InChI is InChI=1S/C19H21NO3/c1-4-20(5-2)19(22)17-8-6-7-16(13-17)15-9-11-18(12-10-15)23-14(3)21/h6-13H,4-5H2,1-3H3. The van der Waals surface area contributed by atoms with E-state index in [0.717, 1.165) is 11.1 Å². The zero-order valence-electron chi connectivity index (χ0n) is 13.7. The van der Waals surface area contributed by atoms with Crippen LogP contribution in [0.3, 0.4) is 0 Å². The first-order chi connectivity index (χ1) is 11.0. The SMILES string of the molecule is CCN(CC)C(=O)c1cccc(-c2ccc(OC(C)=O)cc2)c1. The monoisotopic (exact) mass is 311 g/mol. The van der Waals surface area contributed by atoms with Crippen LogP contribution in [-0.4, -0.2) is 29.9 Å². The van der Waals surface area contributed by atoms with Crippen molar-refractivity contribution in [3.63, 3.8) is 0 Å². The van der Waals surface area contributed by atoms with Crippen molar-refractivity contribution >= 4 is 11.9 Å². The highest BCUT2D eigenvalue weighted by molar-refractivity contribution is 5.95. The lowest BCUT2D eigenvalue weighted by atomic mass is 10.0. The molecule has 0 heterocycles. The van der Waals surface area contributed by atoms with Gasteiger partial charge in [0.15, 0.2) is 0 Å². The molecule has 0 unspecified atom stereocenters. The highest BCUT2D eigenvalue weighted by atomic mass is 16.5. The summed E-state index contributed by atoms with van der Waals surface area (Å²) in [7, 11) is 0. The highest BCUT2D eigenvalue weighted by Crippen LogP contribution is 2.24. The maximum absolute atomic E-state index is 12.4. The van der Waals surface area contributed by atoms with E-state index in [2.05, 4.69) is 0 Å². The van der Waals surface area contributed by atoms with Gasteiger partial charge in [0.05, 0.1) is 0 Å². The van der Waals surface area contributed by atoms with Gasteiger partial charge in [0.25, 0.3) is 5.91 Å². The predicted molar refractivity (Wildman–Crippen MR) is 90.4 cm³/mol. The van der Waals surface area contributed by atoms with Gasteiger partial charge in [0.1, 0.15) is 5.75 Å². The van der Waals surface area contributed by atoms with E-state index in [1.807, 2.05) is 50.2 Å². The second-order valence-electron chi connectivity index (χ2n) is 5.18. The van der Waals surface area contributed by atoms with Crippen molar-refractivity contribution in [2.24, 2.45) is 0 Å². The Morgan fingerprint density at radius 1 is 0.957 bits per heavy atom. The van der Waals surface area contributed by atoms with Gasteiger partial charge in [-0.2, -0.15) is 0 Å². The third-order valence-corrected chi connectivity index (χ3v) is 3.61. The van der Waals surface area contributed by atoms with Gasteiger partial charge >= 0.3 is 5.97 Å². The lowest BCUT2D eigenvalue weighted by Gasteiger charge is -2.19. The van der Waals surface area contributed by atoms with Crippen molar-refractivity contribution < 1.29 is 14.3 Å². The quantitative estimate of drug-likeness (QED) is 0.624. The maximum atomic E-state index is 12.4. The van der Waals surface area contributed by atoms with Crippen molar-refractivity contribution in [3.05, 3.63) is 54.1 Å². The van der Waals surface area contributed by atoms with E-state index in [0.29, 0.717) is 24.4 Å². The second-order valence-corrected chi connectivity index (χ2v) is 5.18. The van der Waals surface area contributed by atoms with E-state index in [4.69, 9.17) is 4.74 Å². The number of hydrogen-bond donors (Lipinski definition) is 0. The van der Waals surface area contributed by atoms with E-state index in [9.17, 15) is 9.59 Å². The molecule has 0 radical (unpaired) electrons. The fraction of sp³-hybridized carbons (Fsp3) is 0.263. The van der Waals surface area contributed by atoms with E-state index < -0.39 is 0 Å². The van der Waals surface area contributed by atoms with Crippen LogP contribution in [0.2, 0.25) is 0 Å². The predicted octanol–water partition coefficient (Wildman–Crippen LogP) is 3.76. The zero-order chi connectivity index (χ0) is 16.8. The van der Waals surface area contributed by atoms with Crippen LogP contribution < -0.4 is 4.74 Å². The van der Waals surface area contributed by atoms with Crippen LogP contribution in [0.25, 0.3) is 11.1 Å². The third kappa shape index (κ3) is 4.19. The first kappa shape index (κ1) is 16.7. The fourth-order valence-corrected chi connectivity index (χ4v) is 2.41. The largest absolute Gasteiger partial charge is 0.427 e. The molecule has 0 fully saturated rings. The number of nitrogens with zero attached hydrogens (tertiary/aromatic N) is 1. The third-order valence-electron chi connectivity index (χ3n) is 3.61. The summed E-state index contributed by atoms with van der Waals surface area (Å²) in [5, 5.41) is 0. The molecule has 0 spiro atoms. The van der Waals surface area contributed by atoms with Gasteiger partial charge in [-0.05, 0) is 49.2 Å². The smallest absolute Gasteiger partial charge is 0.308 e. The number of hydrogen-bond acceptors (Lipinski definition) is 3. The number of rotatable bonds is 5. The normalized spacial score (nSPS) is 10.2. The topological polar surface area (TPSA) is 46.6 Å². The number of amides is 1. The van der Waals surface area contributed by atoms with Crippen LogP contribution in [0.1, 0.15) is 31.1 Å². The lowest BCUT2D eigenvalue weighted by Crippen LogP contribution is -2.30. The molecule has 0 N–H and O–H groups in total. The Hall–Kier alpha value is -2.62. The molecule has 0 atom stereocenters. The summed E-state index contributed by atoms with van der Waals surface area (Å²) in [6.45, 7) is 6.70. The summed E-state index contributed by atoms with van der Waals surface area (Å²) >= 11 is 0. The van der Waals surface area contributed by atoms with Crippen LogP contribution in [-0.2, 0) is 4.79 Å². The van der Waals surface area contributed by atoms with E-state index in [1.54, 1.807) is 17.0 Å². The van der Waals surface area contributed by atoms with Crippen molar-refractivity contribution in [3.8, 4) is 16.9 Å². The van der Waals surface area contributed by atoms with Gasteiger partial charge in [0.2, 0.25) is 0 Å². The molecular weight excluding hydrogens is 290 g/mol. The summed E-state index contributed by atoms with van der Waals surface area (Å²) in [6, 6.07) is 14.8. The van der Waals surface area contributed by atoms with Crippen molar-refractivity contribution in [2.75, 3.05) is 13.1 Å². The molecule has 4 heteroatoms. The molecule has 0 saturated carbocycles. The Morgan fingerprint density at radius 2 is 1.61 bits per heavy atom. The summed E-state index contributed by atoms with van der Waals surface area (Å²) < 4.78 is 5.03. The average Bonchev–Trinajstić information content (AvgIpc) is 2.56. The fourth-order valence-electron chi connectivity index (χ4n) is 2.41. The Balaban J connectivity index is 2.25. The molecule has 0 aliphatic carbocycles. The molecule has 2 rings (SSSR count). The molecule has 0 saturated heterocycles. The molecule has 120 valence electrons. The van der Waals surface area contributed by atoms with Gasteiger partial charge in [0, 0.05) is 25.6 Å². The molecule has 2 aromatic rings. The minimum atomic E-state index is -0.343. The van der Waals surface area contributed by atoms with Crippen LogP contribution in [0.5, 0.6) is 5.75 Å². The summed E-state index contributed by atoms with van der Waals surface area (Å²) in [5.74, 6) is 0.203. The summed E-state index contributed by atoms with van der Waals surface area (Å²) in [4.78, 5) is 25.2. The minimum absolute atomic E-state index is 0.0355. The van der Waals surface area contributed by atoms with E-state index >= 15 is 0 Å².